The van der Waals surface area contributed by atoms with Crippen LogP contribution in [0.3, 0.4) is 0 Å². The average molecular weight is 225 g/mol. The van der Waals surface area contributed by atoms with Gasteiger partial charge in [0.2, 0.25) is 0 Å². The van der Waals surface area contributed by atoms with Gasteiger partial charge in [-0.05, 0) is 43.9 Å². The highest BCUT2D eigenvalue weighted by molar-refractivity contribution is 4.90. The molecule has 2 fully saturated rings. The smallest absolute Gasteiger partial charge is 0.0474 e. The Hall–Kier alpha value is -0.0800. The van der Waals surface area contributed by atoms with Crippen molar-refractivity contribution < 1.29 is 5.11 Å². The Balaban J connectivity index is 1.87. The fourth-order valence-corrected chi connectivity index (χ4v) is 3.18. The van der Waals surface area contributed by atoms with Gasteiger partial charge >= 0.3 is 0 Å². The second-order valence-corrected chi connectivity index (χ2v) is 5.71. The topological polar surface area (TPSA) is 32.3 Å². The minimum atomic E-state index is 0.374. The molecule has 0 bridgehead atoms. The number of aliphatic hydroxyl groups excluding tert-OH is 1. The van der Waals surface area contributed by atoms with Crippen LogP contribution >= 0.6 is 0 Å². The van der Waals surface area contributed by atoms with Gasteiger partial charge < -0.3 is 10.4 Å². The van der Waals surface area contributed by atoms with E-state index in [-0.39, 0.29) is 0 Å². The van der Waals surface area contributed by atoms with Crippen molar-refractivity contribution in [1.29, 1.82) is 0 Å². The molecule has 2 N–H and O–H groups in total. The second-order valence-electron chi connectivity index (χ2n) is 5.71. The summed E-state index contributed by atoms with van der Waals surface area (Å²) in [7, 11) is 0. The number of rotatable bonds is 5. The van der Waals surface area contributed by atoms with Crippen LogP contribution in [0.1, 0.15) is 58.3 Å². The minimum absolute atomic E-state index is 0.374. The van der Waals surface area contributed by atoms with Crippen molar-refractivity contribution in [2.45, 2.75) is 70.4 Å². The standard InChI is InChI=1S/C14H27NO/c1-2-13(11-8-9-11)15-14-7-5-3-4-6-12(14)10-16/h11-16H,2-10H2,1H3. The van der Waals surface area contributed by atoms with Crippen molar-refractivity contribution in [2.24, 2.45) is 11.8 Å². The SMILES string of the molecule is CCC(NC1CCCCCC1CO)C1CC1. The molecular formula is C14H27NO. The highest BCUT2D eigenvalue weighted by Gasteiger charge is 2.33. The Morgan fingerprint density at radius 2 is 1.88 bits per heavy atom. The predicted octanol–water partition coefficient (Wildman–Crippen LogP) is 2.71. The van der Waals surface area contributed by atoms with Gasteiger partial charge in [0.1, 0.15) is 0 Å². The molecule has 0 amide bonds. The van der Waals surface area contributed by atoms with E-state index in [2.05, 4.69) is 12.2 Å². The molecule has 94 valence electrons. The van der Waals surface area contributed by atoms with Crippen molar-refractivity contribution in [2.75, 3.05) is 6.61 Å². The Morgan fingerprint density at radius 1 is 1.12 bits per heavy atom. The molecule has 0 aromatic heterocycles. The van der Waals surface area contributed by atoms with Crippen LogP contribution in [-0.4, -0.2) is 23.8 Å². The summed E-state index contributed by atoms with van der Waals surface area (Å²) in [6.45, 7) is 2.67. The van der Waals surface area contributed by atoms with E-state index >= 15 is 0 Å². The zero-order valence-electron chi connectivity index (χ0n) is 10.6. The first-order valence-electron chi connectivity index (χ1n) is 7.22. The maximum Gasteiger partial charge on any atom is 0.0474 e. The lowest BCUT2D eigenvalue weighted by Crippen LogP contribution is -2.44. The average Bonchev–Trinajstić information content (AvgIpc) is 3.12. The molecule has 0 heterocycles. The van der Waals surface area contributed by atoms with E-state index in [1.807, 2.05) is 0 Å². The molecule has 2 nitrogen and oxygen atoms in total. The summed E-state index contributed by atoms with van der Waals surface area (Å²) >= 11 is 0. The quantitative estimate of drug-likeness (QED) is 0.705. The van der Waals surface area contributed by atoms with Crippen molar-refractivity contribution in [1.82, 2.24) is 5.32 Å². The van der Waals surface area contributed by atoms with Gasteiger partial charge in [0, 0.05) is 18.7 Å². The fraction of sp³-hybridized carbons (Fsp3) is 1.00. The van der Waals surface area contributed by atoms with Crippen LogP contribution in [0.4, 0.5) is 0 Å². The lowest BCUT2D eigenvalue weighted by atomic mass is 9.94. The monoisotopic (exact) mass is 225 g/mol. The highest BCUT2D eigenvalue weighted by atomic mass is 16.3. The van der Waals surface area contributed by atoms with E-state index < -0.39 is 0 Å². The summed E-state index contributed by atoms with van der Waals surface area (Å²) < 4.78 is 0. The van der Waals surface area contributed by atoms with Crippen LogP contribution in [0.25, 0.3) is 0 Å². The van der Waals surface area contributed by atoms with Gasteiger partial charge in [-0.2, -0.15) is 0 Å². The van der Waals surface area contributed by atoms with Crippen molar-refractivity contribution >= 4 is 0 Å². The van der Waals surface area contributed by atoms with Gasteiger partial charge in [0.15, 0.2) is 0 Å². The molecule has 0 radical (unpaired) electrons. The number of aliphatic hydroxyl groups is 1. The van der Waals surface area contributed by atoms with Crippen molar-refractivity contribution in [3.8, 4) is 0 Å². The number of nitrogens with one attached hydrogen (secondary N) is 1. The first kappa shape index (κ1) is 12.4. The first-order valence-corrected chi connectivity index (χ1v) is 7.22. The molecule has 16 heavy (non-hydrogen) atoms. The van der Waals surface area contributed by atoms with Gasteiger partial charge in [0.25, 0.3) is 0 Å². The summed E-state index contributed by atoms with van der Waals surface area (Å²) in [4.78, 5) is 0. The van der Waals surface area contributed by atoms with Crippen LogP contribution in [0.2, 0.25) is 0 Å². The van der Waals surface area contributed by atoms with E-state index in [1.165, 1.54) is 51.4 Å². The van der Waals surface area contributed by atoms with Gasteiger partial charge in [-0.1, -0.05) is 26.2 Å². The third-order valence-electron chi connectivity index (χ3n) is 4.45. The van der Waals surface area contributed by atoms with Gasteiger partial charge in [-0.3, -0.25) is 0 Å². The Labute approximate surface area is 99.8 Å². The lowest BCUT2D eigenvalue weighted by molar-refractivity contribution is 0.171. The molecule has 2 saturated carbocycles. The molecular weight excluding hydrogens is 198 g/mol. The molecule has 3 unspecified atom stereocenters. The summed E-state index contributed by atoms with van der Waals surface area (Å²) in [5.74, 6) is 1.45. The van der Waals surface area contributed by atoms with Gasteiger partial charge in [0.05, 0.1) is 0 Å². The zero-order valence-corrected chi connectivity index (χ0v) is 10.6. The highest BCUT2D eigenvalue weighted by Crippen LogP contribution is 2.35. The lowest BCUT2D eigenvalue weighted by Gasteiger charge is -2.29. The molecule has 2 heteroatoms. The summed E-state index contributed by atoms with van der Waals surface area (Å²) in [6, 6.07) is 1.30. The molecule has 0 spiro atoms. The molecule has 0 aromatic rings. The second kappa shape index (κ2) is 6.02. The van der Waals surface area contributed by atoms with E-state index in [1.54, 1.807) is 0 Å². The molecule has 3 atom stereocenters. The summed E-state index contributed by atoms with van der Waals surface area (Å²) in [5, 5.41) is 13.3. The summed E-state index contributed by atoms with van der Waals surface area (Å²) in [5.41, 5.74) is 0. The van der Waals surface area contributed by atoms with Gasteiger partial charge in [-0.25, -0.2) is 0 Å². The van der Waals surface area contributed by atoms with Crippen LogP contribution in [0.15, 0.2) is 0 Å². The molecule has 0 aromatic carbocycles. The number of hydrogen-bond donors (Lipinski definition) is 2. The van der Waals surface area contributed by atoms with E-state index in [0.29, 0.717) is 18.6 Å². The van der Waals surface area contributed by atoms with Crippen molar-refractivity contribution in [3.63, 3.8) is 0 Å². The molecule has 2 rings (SSSR count). The number of hydrogen-bond acceptors (Lipinski definition) is 2. The van der Waals surface area contributed by atoms with Crippen LogP contribution in [-0.2, 0) is 0 Å². The largest absolute Gasteiger partial charge is 0.396 e. The Kier molecular flexibility index (Phi) is 4.66. The maximum absolute atomic E-state index is 9.49. The van der Waals surface area contributed by atoms with Crippen molar-refractivity contribution in [3.05, 3.63) is 0 Å². The minimum Gasteiger partial charge on any atom is -0.396 e. The molecule has 0 aliphatic heterocycles. The normalized spacial score (nSPS) is 33.4. The predicted molar refractivity (Wildman–Crippen MR) is 67.4 cm³/mol. The van der Waals surface area contributed by atoms with Gasteiger partial charge in [-0.15, -0.1) is 0 Å². The maximum atomic E-state index is 9.49. The molecule has 0 saturated heterocycles. The zero-order chi connectivity index (χ0) is 11.4. The Morgan fingerprint density at radius 3 is 2.50 bits per heavy atom. The van der Waals surface area contributed by atoms with E-state index in [9.17, 15) is 5.11 Å². The van der Waals surface area contributed by atoms with Crippen LogP contribution in [0.5, 0.6) is 0 Å². The third kappa shape index (κ3) is 3.21. The van der Waals surface area contributed by atoms with E-state index in [4.69, 9.17) is 0 Å². The first-order chi connectivity index (χ1) is 7.85. The molecule has 2 aliphatic rings. The van der Waals surface area contributed by atoms with Crippen LogP contribution in [0, 0.1) is 11.8 Å². The Bertz CT molecular complexity index is 203. The third-order valence-corrected chi connectivity index (χ3v) is 4.45. The molecule has 2 aliphatic carbocycles. The fourth-order valence-electron chi connectivity index (χ4n) is 3.18. The van der Waals surface area contributed by atoms with E-state index in [0.717, 1.165) is 12.0 Å². The summed E-state index contributed by atoms with van der Waals surface area (Å²) in [6.07, 6.45) is 10.6. The van der Waals surface area contributed by atoms with Crippen LogP contribution < -0.4 is 5.32 Å².